The van der Waals surface area contributed by atoms with E-state index in [-0.39, 0.29) is 18.0 Å². The lowest BCUT2D eigenvalue weighted by atomic mass is 9.98. The van der Waals surface area contributed by atoms with Crippen LogP contribution < -0.4 is 16.0 Å². The minimum atomic E-state index is -0.0272. The van der Waals surface area contributed by atoms with Crippen LogP contribution in [0.4, 0.5) is 11.5 Å². The molecule has 6 rings (SSSR count). The zero-order valence-corrected chi connectivity index (χ0v) is 18.7. The molecule has 1 amide bonds. The summed E-state index contributed by atoms with van der Waals surface area (Å²) in [4.78, 5) is 23.7. The highest BCUT2D eigenvalue weighted by Crippen LogP contribution is 2.36. The van der Waals surface area contributed by atoms with Crippen molar-refractivity contribution in [3.8, 4) is 0 Å². The number of thioether (sulfide) groups is 1. The van der Waals surface area contributed by atoms with E-state index < -0.39 is 0 Å². The molecule has 5 heterocycles. The molecular formula is C23H27N7OS. The molecule has 2 atom stereocenters. The average Bonchev–Trinajstić information content (AvgIpc) is 3.56. The first-order valence-corrected chi connectivity index (χ1v) is 12.3. The molecule has 0 unspecified atom stereocenters. The fourth-order valence-electron chi connectivity index (χ4n) is 4.98. The quantitative estimate of drug-likeness (QED) is 0.635. The molecule has 2 aromatic heterocycles. The first kappa shape index (κ1) is 19.9. The van der Waals surface area contributed by atoms with Crippen LogP contribution in [0, 0.1) is 0 Å². The van der Waals surface area contributed by atoms with E-state index >= 15 is 0 Å². The van der Waals surface area contributed by atoms with E-state index in [9.17, 15) is 4.79 Å². The lowest BCUT2D eigenvalue weighted by Gasteiger charge is -2.34. The van der Waals surface area contributed by atoms with Gasteiger partial charge in [0.2, 0.25) is 0 Å². The molecule has 166 valence electrons. The summed E-state index contributed by atoms with van der Waals surface area (Å²) in [6.07, 6.45) is 5.99. The van der Waals surface area contributed by atoms with Crippen LogP contribution in [0.25, 0.3) is 5.65 Å². The smallest absolute Gasteiger partial charge is 0.254 e. The van der Waals surface area contributed by atoms with E-state index in [1.807, 2.05) is 45.9 Å². The van der Waals surface area contributed by atoms with Crippen molar-refractivity contribution in [2.75, 3.05) is 35.7 Å². The molecule has 3 aliphatic heterocycles. The summed E-state index contributed by atoms with van der Waals surface area (Å²) >= 11 is 1.74. The second-order valence-corrected chi connectivity index (χ2v) is 9.86. The number of nitrogens with one attached hydrogen (secondary N) is 1. The van der Waals surface area contributed by atoms with Gasteiger partial charge in [0.15, 0.2) is 5.65 Å². The number of rotatable bonds is 3. The molecule has 0 aliphatic carbocycles. The third kappa shape index (κ3) is 3.49. The number of piperidine rings is 1. The van der Waals surface area contributed by atoms with Crippen LogP contribution in [-0.2, 0) is 0 Å². The van der Waals surface area contributed by atoms with Gasteiger partial charge in [0, 0.05) is 54.1 Å². The van der Waals surface area contributed by atoms with Gasteiger partial charge in [-0.1, -0.05) is 0 Å². The molecular weight excluding hydrogens is 422 g/mol. The molecule has 3 aliphatic rings. The number of amides is 1. The molecule has 1 aromatic carbocycles. The van der Waals surface area contributed by atoms with Crippen molar-refractivity contribution in [1.29, 1.82) is 0 Å². The monoisotopic (exact) mass is 449 g/mol. The van der Waals surface area contributed by atoms with Gasteiger partial charge in [-0.25, -0.2) is 9.50 Å². The molecule has 0 spiro atoms. The predicted octanol–water partition coefficient (Wildman–Crippen LogP) is 3.11. The molecule has 3 N–H and O–H groups in total. The number of hydrogen-bond acceptors (Lipinski definition) is 7. The second kappa shape index (κ2) is 7.97. The summed E-state index contributed by atoms with van der Waals surface area (Å²) in [6, 6.07) is 10.2. The molecule has 2 fully saturated rings. The number of carbonyl (C=O) groups excluding carboxylic acids is 1. The standard InChI is InChI=1S/C23H27N7OS/c24-16-6-9-28(13-16)21-7-10-30-22(26-21)12-18(27-30)19-3-1-2-8-29(19)23(31)15-4-5-17-20(11-15)32-14-25-17/h4-5,7,10-12,16,19,25H,1-3,6,8-9,13-14,24H2/t16-,19-/m0/s1. The average molecular weight is 450 g/mol. The Morgan fingerprint density at radius 1 is 1.16 bits per heavy atom. The van der Waals surface area contributed by atoms with E-state index in [2.05, 4.69) is 10.2 Å². The third-order valence-electron chi connectivity index (χ3n) is 6.70. The molecule has 0 bridgehead atoms. The molecule has 0 radical (unpaired) electrons. The van der Waals surface area contributed by atoms with Crippen molar-refractivity contribution in [3.63, 3.8) is 0 Å². The van der Waals surface area contributed by atoms with Crippen LogP contribution in [0.2, 0.25) is 0 Å². The van der Waals surface area contributed by atoms with Crippen LogP contribution in [0.1, 0.15) is 47.8 Å². The summed E-state index contributed by atoms with van der Waals surface area (Å²) in [5, 5.41) is 8.14. The van der Waals surface area contributed by atoms with Crippen LogP contribution in [-0.4, -0.2) is 57.0 Å². The Bertz CT molecular complexity index is 1180. The van der Waals surface area contributed by atoms with Gasteiger partial charge in [-0.3, -0.25) is 4.79 Å². The topological polar surface area (TPSA) is 91.8 Å². The third-order valence-corrected chi connectivity index (χ3v) is 7.64. The lowest BCUT2D eigenvalue weighted by molar-refractivity contribution is 0.0605. The Morgan fingerprint density at radius 3 is 2.97 bits per heavy atom. The van der Waals surface area contributed by atoms with Gasteiger partial charge >= 0.3 is 0 Å². The number of hydrogen-bond donors (Lipinski definition) is 2. The maximum atomic E-state index is 13.5. The highest BCUT2D eigenvalue weighted by Gasteiger charge is 2.31. The number of nitrogens with zero attached hydrogens (tertiary/aromatic N) is 5. The predicted molar refractivity (Wildman–Crippen MR) is 126 cm³/mol. The highest BCUT2D eigenvalue weighted by atomic mass is 32.2. The summed E-state index contributed by atoms with van der Waals surface area (Å²) in [7, 11) is 0. The number of likely N-dealkylation sites (tertiary alicyclic amines) is 1. The Balaban J connectivity index is 1.29. The summed E-state index contributed by atoms with van der Waals surface area (Å²) < 4.78 is 1.82. The van der Waals surface area contributed by atoms with Gasteiger partial charge in [0.05, 0.1) is 17.6 Å². The largest absolute Gasteiger partial charge is 0.375 e. The van der Waals surface area contributed by atoms with Crippen LogP contribution >= 0.6 is 11.8 Å². The number of benzene rings is 1. The molecule has 8 nitrogen and oxygen atoms in total. The molecule has 2 saturated heterocycles. The van der Waals surface area contributed by atoms with Crippen LogP contribution in [0.15, 0.2) is 41.4 Å². The van der Waals surface area contributed by atoms with Crippen molar-refractivity contribution >= 4 is 34.8 Å². The number of nitrogens with two attached hydrogens (primary N) is 1. The first-order chi connectivity index (χ1) is 15.7. The fourth-order valence-corrected chi connectivity index (χ4v) is 5.87. The van der Waals surface area contributed by atoms with Crippen molar-refractivity contribution in [3.05, 3.63) is 47.8 Å². The fraction of sp³-hybridized carbons (Fsp3) is 0.435. The van der Waals surface area contributed by atoms with Gasteiger partial charge in [-0.2, -0.15) is 5.10 Å². The number of carbonyl (C=O) groups is 1. The second-order valence-electron chi connectivity index (χ2n) is 8.84. The van der Waals surface area contributed by atoms with Crippen molar-refractivity contribution < 1.29 is 4.79 Å². The normalized spacial score (nSPS) is 22.9. The minimum Gasteiger partial charge on any atom is -0.375 e. The number of fused-ring (bicyclic) bond motifs is 2. The zero-order valence-electron chi connectivity index (χ0n) is 17.9. The van der Waals surface area contributed by atoms with Gasteiger partial charge in [0.25, 0.3) is 5.91 Å². The van der Waals surface area contributed by atoms with Crippen molar-refractivity contribution in [2.24, 2.45) is 5.73 Å². The van der Waals surface area contributed by atoms with Crippen molar-refractivity contribution in [1.82, 2.24) is 19.5 Å². The molecule has 3 aromatic rings. The Labute approximate surface area is 191 Å². The van der Waals surface area contributed by atoms with E-state index in [1.165, 1.54) is 0 Å². The summed E-state index contributed by atoms with van der Waals surface area (Å²) in [5.74, 6) is 1.89. The maximum Gasteiger partial charge on any atom is 0.254 e. The van der Waals surface area contributed by atoms with Gasteiger partial charge < -0.3 is 20.9 Å². The van der Waals surface area contributed by atoms with E-state index in [4.69, 9.17) is 15.8 Å². The zero-order chi connectivity index (χ0) is 21.7. The number of aromatic nitrogens is 3. The van der Waals surface area contributed by atoms with E-state index in [0.717, 1.165) is 84.5 Å². The van der Waals surface area contributed by atoms with Crippen LogP contribution in [0.5, 0.6) is 0 Å². The molecule has 0 saturated carbocycles. The summed E-state index contributed by atoms with van der Waals surface area (Å²) in [6.45, 7) is 2.53. The lowest BCUT2D eigenvalue weighted by Crippen LogP contribution is -2.38. The Morgan fingerprint density at radius 2 is 2.09 bits per heavy atom. The SMILES string of the molecule is N[C@H]1CCN(c2ccn3nc([C@@H]4CCCCN4C(=O)c4ccc5c(c4)SCN5)cc3n2)C1. The molecule has 9 heteroatoms. The maximum absolute atomic E-state index is 13.5. The minimum absolute atomic E-state index is 0.0272. The first-order valence-electron chi connectivity index (χ1n) is 11.3. The van der Waals surface area contributed by atoms with Gasteiger partial charge in [0.1, 0.15) is 5.82 Å². The summed E-state index contributed by atoms with van der Waals surface area (Å²) in [5.41, 5.74) is 9.66. The highest BCUT2D eigenvalue weighted by molar-refractivity contribution is 7.99. The molecule has 32 heavy (non-hydrogen) atoms. The number of anilines is 2. The van der Waals surface area contributed by atoms with Gasteiger partial charge in [-0.15, -0.1) is 11.8 Å². The van der Waals surface area contributed by atoms with Crippen LogP contribution in [0.3, 0.4) is 0 Å². The Kier molecular flexibility index (Phi) is 4.95. The van der Waals surface area contributed by atoms with Crippen molar-refractivity contribution in [2.45, 2.75) is 42.7 Å². The van der Waals surface area contributed by atoms with E-state index in [1.54, 1.807) is 11.8 Å². The van der Waals surface area contributed by atoms with Gasteiger partial charge in [-0.05, 0) is 49.9 Å². The van der Waals surface area contributed by atoms with E-state index in [0.29, 0.717) is 0 Å². The Hall–Kier alpha value is -2.78.